The Bertz CT molecular complexity index is 1410. The summed E-state index contributed by atoms with van der Waals surface area (Å²) in [7, 11) is -2.70. The first-order chi connectivity index (χ1) is 19.0. The number of rotatable bonds is 12. The van der Waals surface area contributed by atoms with Gasteiger partial charge in [0, 0.05) is 29.2 Å². The predicted molar refractivity (Wildman–Crippen MR) is 158 cm³/mol. The molecule has 40 heavy (non-hydrogen) atoms. The van der Waals surface area contributed by atoms with E-state index in [1.807, 2.05) is 13.8 Å². The average Bonchev–Trinajstić information content (AvgIpc) is 2.93. The van der Waals surface area contributed by atoms with Gasteiger partial charge in [0.25, 0.3) is 10.0 Å². The van der Waals surface area contributed by atoms with Crippen LogP contribution in [-0.2, 0) is 26.2 Å². The number of hydrogen-bond donors (Lipinski definition) is 1. The first-order valence-electron chi connectivity index (χ1n) is 12.8. The molecule has 0 bridgehead atoms. The molecular formula is C29H33Cl2N3O5S. The standard InChI is InChI=1S/C29H33Cl2N3O5S/c1-5-27(29(36)32-4)33(18-24-25(30)8-7-9-26(24)31)28(35)19-34(21-12-14-22(15-13-21)39-6-2)40(37,38)23-16-10-20(3)11-17-23/h7-17,27H,5-6,18-19H2,1-4H3,(H,32,36). The molecule has 3 aromatic rings. The Morgan fingerprint density at radius 3 is 2.08 bits per heavy atom. The highest BCUT2D eigenvalue weighted by atomic mass is 35.5. The summed E-state index contributed by atoms with van der Waals surface area (Å²) in [6.07, 6.45) is 0.279. The maximum Gasteiger partial charge on any atom is 0.264 e. The van der Waals surface area contributed by atoms with Crippen molar-refractivity contribution in [2.24, 2.45) is 0 Å². The van der Waals surface area contributed by atoms with Crippen LogP contribution in [0.3, 0.4) is 0 Å². The second-order valence-corrected chi connectivity index (χ2v) is 11.7. The number of ether oxygens (including phenoxy) is 1. The minimum Gasteiger partial charge on any atom is -0.494 e. The number of aryl methyl sites for hydroxylation is 1. The fourth-order valence-electron chi connectivity index (χ4n) is 4.18. The highest BCUT2D eigenvalue weighted by Crippen LogP contribution is 2.29. The largest absolute Gasteiger partial charge is 0.494 e. The second-order valence-electron chi connectivity index (χ2n) is 9.01. The van der Waals surface area contributed by atoms with Crippen molar-refractivity contribution in [3.05, 3.63) is 87.9 Å². The summed E-state index contributed by atoms with van der Waals surface area (Å²) in [4.78, 5) is 28.2. The number of nitrogens with one attached hydrogen (secondary N) is 1. The molecule has 1 N–H and O–H groups in total. The van der Waals surface area contributed by atoms with Crippen molar-refractivity contribution in [1.29, 1.82) is 0 Å². The van der Waals surface area contributed by atoms with Crippen molar-refractivity contribution in [2.75, 3.05) is 24.5 Å². The van der Waals surface area contributed by atoms with E-state index in [9.17, 15) is 18.0 Å². The first-order valence-corrected chi connectivity index (χ1v) is 15.0. The van der Waals surface area contributed by atoms with E-state index in [1.165, 1.54) is 24.1 Å². The summed E-state index contributed by atoms with van der Waals surface area (Å²) in [6.45, 7) is 5.25. The molecule has 0 heterocycles. The number of benzene rings is 3. The molecule has 0 spiro atoms. The number of carbonyl (C=O) groups excluding carboxylic acids is 2. The van der Waals surface area contributed by atoms with Gasteiger partial charge in [-0.15, -0.1) is 0 Å². The molecule has 0 aromatic heterocycles. The van der Waals surface area contributed by atoms with Crippen LogP contribution in [0.1, 0.15) is 31.4 Å². The molecule has 0 aliphatic rings. The summed E-state index contributed by atoms with van der Waals surface area (Å²) in [5.74, 6) is -0.435. The number of anilines is 1. The normalized spacial score (nSPS) is 11.9. The van der Waals surface area contributed by atoms with Crippen molar-refractivity contribution in [3.8, 4) is 5.75 Å². The predicted octanol–water partition coefficient (Wildman–Crippen LogP) is 5.45. The summed E-state index contributed by atoms with van der Waals surface area (Å²) in [5, 5.41) is 3.24. The SMILES string of the molecule is CCOc1ccc(N(CC(=O)N(Cc2c(Cl)cccc2Cl)C(CC)C(=O)NC)S(=O)(=O)c2ccc(C)cc2)cc1. The van der Waals surface area contributed by atoms with Gasteiger partial charge < -0.3 is 15.0 Å². The molecule has 0 aliphatic heterocycles. The lowest BCUT2D eigenvalue weighted by molar-refractivity contribution is -0.140. The molecule has 3 aromatic carbocycles. The minimum absolute atomic E-state index is 0.0267. The summed E-state index contributed by atoms with van der Waals surface area (Å²) >= 11 is 12.8. The fourth-order valence-corrected chi connectivity index (χ4v) is 6.11. The van der Waals surface area contributed by atoms with E-state index in [4.69, 9.17) is 27.9 Å². The molecule has 0 aliphatic carbocycles. The van der Waals surface area contributed by atoms with Gasteiger partial charge in [0.15, 0.2) is 0 Å². The molecule has 1 unspecified atom stereocenters. The second kappa shape index (κ2) is 13.9. The van der Waals surface area contributed by atoms with Crippen LogP contribution in [0.15, 0.2) is 71.6 Å². The van der Waals surface area contributed by atoms with Crippen LogP contribution in [-0.4, -0.2) is 51.4 Å². The number of amides is 2. The Hall–Kier alpha value is -3.27. The minimum atomic E-state index is -4.18. The summed E-state index contributed by atoms with van der Waals surface area (Å²) in [6, 6.07) is 16.9. The number of nitrogens with zero attached hydrogens (tertiary/aromatic N) is 2. The van der Waals surface area contributed by atoms with Crippen LogP contribution >= 0.6 is 23.2 Å². The first kappa shape index (κ1) is 31.3. The van der Waals surface area contributed by atoms with Gasteiger partial charge in [-0.25, -0.2) is 8.42 Å². The molecule has 2 amide bonds. The molecular weight excluding hydrogens is 573 g/mol. The van der Waals surface area contributed by atoms with Gasteiger partial charge in [-0.3, -0.25) is 13.9 Å². The van der Waals surface area contributed by atoms with Gasteiger partial charge in [0.2, 0.25) is 11.8 Å². The van der Waals surface area contributed by atoms with E-state index in [1.54, 1.807) is 61.5 Å². The number of carbonyl (C=O) groups is 2. The zero-order chi connectivity index (χ0) is 29.4. The zero-order valence-corrected chi connectivity index (χ0v) is 25.2. The van der Waals surface area contributed by atoms with Crippen LogP contribution in [0.5, 0.6) is 5.75 Å². The average molecular weight is 607 g/mol. The summed E-state index contributed by atoms with van der Waals surface area (Å²) < 4.78 is 34.4. The van der Waals surface area contributed by atoms with Gasteiger partial charge in [0.05, 0.1) is 17.2 Å². The summed E-state index contributed by atoms with van der Waals surface area (Å²) in [5.41, 5.74) is 1.61. The van der Waals surface area contributed by atoms with Gasteiger partial charge in [-0.2, -0.15) is 0 Å². The van der Waals surface area contributed by atoms with E-state index in [2.05, 4.69) is 5.32 Å². The maximum absolute atomic E-state index is 14.0. The molecule has 8 nitrogen and oxygen atoms in total. The Morgan fingerprint density at radius 1 is 0.950 bits per heavy atom. The third-order valence-electron chi connectivity index (χ3n) is 6.35. The molecule has 3 rings (SSSR count). The third-order valence-corrected chi connectivity index (χ3v) is 8.84. The smallest absolute Gasteiger partial charge is 0.264 e. The fraction of sp³-hybridized carbons (Fsp3) is 0.310. The number of hydrogen-bond acceptors (Lipinski definition) is 5. The van der Waals surface area contributed by atoms with E-state index < -0.39 is 34.4 Å². The quantitative estimate of drug-likeness (QED) is 0.296. The van der Waals surface area contributed by atoms with Crippen LogP contribution in [0.2, 0.25) is 10.0 Å². The molecule has 0 radical (unpaired) electrons. The molecule has 1 atom stereocenters. The number of halogens is 2. The topological polar surface area (TPSA) is 96.0 Å². The van der Waals surface area contributed by atoms with Gasteiger partial charge >= 0.3 is 0 Å². The Kier molecular flexibility index (Phi) is 10.8. The van der Waals surface area contributed by atoms with Crippen molar-refractivity contribution < 1.29 is 22.7 Å². The Labute approximate surface area is 245 Å². The number of likely N-dealkylation sites (N-methyl/N-ethyl adjacent to an activating group) is 1. The van der Waals surface area contributed by atoms with Crippen LogP contribution in [0.25, 0.3) is 0 Å². The highest BCUT2D eigenvalue weighted by Gasteiger charge is 2.34. The van der Waals surface area contributed by atoms with Gasteiger partial charge in [-0.1, -0.05) is 53.9 Å². The highest BCUT2D eigenvalue weighted by molar-refractivity contribution is 7.92. The van der Waals surface area contributed by atoms with Crippen LogP contribution < -0.4 is 14.4 Å². The van der Waals surface area contributed by atoms with Crippen molar-refractivity contribution in [3.63, 3.8) is 0 Å². The molecule has 0 saturated carbocycles. The molecule has 0 fully saturated rings. The molecule has 0 saturated heterocycles. The van der Waals surface area contributed by atoms with E-state index >= 15 is 0 Å². The van der Waals surface area contributed by atoms with E-state index in [0.717, 1.165) is 9.87 Å². The lowest BCUT2D eigenvalue weighted by atomic mass is 10.1. The molecule has 214 valence electrons. The van der Waals surface area contributed by atoms with E-state index in [-0.39, 0.29) is 23.5 Å². The van der Waals surface area contributed by atoms with Crippen molar-refractivity contribution in [1.82, 2.24) is 10.2 Å². The van der Waals surface area contributed by atoms with Crippen LogP contribution in [0, 0.1) is 6.92 Å². The number of sulfonamides is 1. The monoisotopic (exact) mass is 605 g/mol. The third kappa shape index (κ3) is 7.27. The Balaban J connectivity index is 2.09. The van der Waals surface area contributed by atoms with E-state index in [0.29, 0.717) is 28.0 Å². The van der Waals surface area contributed by atoms with Crippen molar-refractivity contribution >= 4 is 50.7 Å². The van der Waals surface area contributed by atoms with Gasteiger partial charge in [-0.05, 0) is 68.8 Å². The zero-order valence-electron chi connectivity index (χ0n) is 22.9. The lowest BCUT2D eigenvalue weighted by Crippen LogP contribution is -2.51. The van der Waals surface area contributed by atoms with Crippen LogP contribution in [0.4, 0.5) is 5.69 Å². The Morgan fingerprint density at radius 2 is 1.55 bits per heavy atom. The lowest BCUT2D eigenvalue weighted by Gasteiger charge is -2.33. The maximum atomic E-state index is 14.0. The van der Waals surface area contributed by atoms with Crippen molar-refractivity contribution in [2.45, 2.75) is 44.7 Å². The molecule has 11 heteroatoms. The van der Waals surface area contributed by atoms with Gasteiger partial charge in [0.1, 0.15) is 18.3 Å².